The van der Waals surface area contributed by atoms with E-state index < -0.39 is 22.7 Å². The van der Waals surface area contributed by atoms with E-state index in [0.717, 1.165) is 24.0 Å². The number of hydrogen-bond donors (Lipinski definition) is 0. The van der Waals surface area contributed by atoms with Crippen LogP contribution in [0.3, 0.4) is 0 Å². The molecule has 2 rings (SSSR count). The van der Waals surface area contributed by atoms with Gasteiger partial charge in [0.25, 0.3) is 0 Å². The highest BCUT2D eigenvalue weighted by Gasteiger charge is 2.22. The molecule has 0 spiro atoms. The summed E-state index contributed by atoms with van der Waals surface area (Å²) in [4.78, 5) is 12.2. The molecule has 1 aromatic heterocycles. The van der Waals surface area contributed by atoms with Crippen LogP contribution in [-0.2, 0) is 6.54 Å². The molecule has 1 heterocycles. The first-order valence-electron chi connectivity index (χ1n) is 6.49. The number of thioether (sulfide) groups is 1. The Morgan fingerprint density at radius 3 is 2.76 bits per heavy atom. The van der Waals surface area contributed by atoms with Gasteiger partial charge in [0, 0.05) is 6.54 Å². The molecular weight excluding hydrogens is 296 g/mol. The van der Waals surface area contributed by atoms with Crippen molar-refractivity contribution in [2.24, 2.45) is 0 Å². The lowest BCUT2D eigenvalue weighted by atomic mass is 10.1. The van der Waals surface area contributed by atoms with Crippen molar-refractivity contribution in [3.05, 3.63) is 41.2 Å². The average molecular weight is 311 g/mol. The molecule has 21 heavy (non-hydrogen) atoms. The van der Waals surface area contributed by atoms with Gasteiger partial charge in [0.15, 0.2) is 10.9 Å². The third kappa shape index (κ3) is 3.29. The number of benzene rings is 1. The van der Waals surface area contributed by atoms with Crippen LogP contribution in [0.2, 0.25) is 0 Å². The lowest BCUT2D eigenvalue weighted by molar-refractivity contribution is 0.0989. The maximum atomic E-state index is 13.6. The Bertz CT molecular complexity index is 672. The highest BCUT2D eigenvalue weighted by Crippen LogP contribution is 2.25. The van der Waals surface area contributed by atoms with Crippen molar-refractivity contribution in [2.45, 2.75) is 37.7 Å². The van der Waals surface area contributed by atoms with Crippen LogP contribution in [0.5, 0.6) is 0 Å². The van der Waals surface area contributed by atoms with Crippen LogP contribution >= 0.6 is 11.8 Å². The topological polar surface area (TPSA) is 47.8 Å². The van der Waals surface area contributed by atoms with E-state index in [1.54, 1.807) is 6.92 Å². The van der Waals surface area contributed by atoms with E-state index in [1.165, 1.54) is 11.8 Å². The lowest BCUT2D eigenvalue weighted by Gasteiger charge is -2.11. The summed E-state index contributed by atoms with van der Waals surface area (Å²) in [6.07, 6.45) is 0. The van der Waals surface area contributed by atoms with Gasteiger partial charge in [0.1, 0.15) is 17.5 Å². The summed E-state index contributed by atoms with van der Waals surface area (Å²) in [5.74, 6) is -1.08. The number of Topliss-reactive ketones (excluding diaryl/α,β-unsaturated/α-hetero) is 1. The Balaban J connectivity index is 2.21. The standard InChI is InChI=1S/C14H15F2N3OS/c1-4-19-9(3)17-18-14(19)21-8(2)13(20)11-7-10(15)5-6-12(11)16/h5-8H,4H2,1-3H3. The molecule has 4 nitrogen and oxygen atoms in total. The molecule has 0 bridgehead atoms. The molecule has 2 aromatic rings. The molecule has 0 radical (unpaired) electrons. The molecule has 112 valence electrons. The van der Waals surface area contributed by atoms with Crippen molar-refractivity contribution in [3.8, 4) is 0 Å². The van der Waals surface area contributed by atoms with Gasteiger partial charge in [-0.05, 0) is 39.0 Å². The molecule has 1 atom stereocenters. The molecule has 0 N–H and O–H groups in total. The highest BCUT2D eigenvalue weighted by molar-refractivity contribution is 8.00. The normalized spacial score (nSPS) is 12.4. The minimum Gasteiger partial charge on any atom is -0.307 e. The van der Waals surface area contributed by atoms with E-state index in [0.29, 0.717) is 11.7 Å². The zero-order valence-electron chi connectivity index (χ0n) is 11.9. The van der Waals surface area contributed by atoms with E-state index in [1.807, 2.05) is 18.4 Å². The van der Waals surface area contributed by atoms with Gasteiger partial charge in [0.05, 0.1) is 10.8 Å². The molecular formula is C14H15F2N3OS. The second-order valence-corrected chi connectivity index (χ2v) is 5.83. The number of rotatable bonds is 5. The number of nitrogens with zero attached hydrogens (tertiary/aromatic N) is 3. The van der Waals surface area contributed by atoms with Crippen molar-refractivity contribution >= 4 is 17.5 Å². The number of halogens is 2. The number of hydrogen-bond acceptors (Lipinski definition) is 4. The van der Waals surface area contributed by atoms with E-state index in [-0.39, 0.29) is 5.56 Å². The summed E-state index contributed by atoms with van der Waals surface area (Å²) >= 11 is 1.18. The zero-order chi connectivity index (χ0) is 15.6. The molecule has 0 saturated heterocycles. The largest absolute Gasteiger partial charge is 0.307 e. The Morgan fingerprint density at radius 2 is 2.10 bits per heavy atom. The van der Waals surface area contributed by atoms with E-state index in [2.05, 4.69) is 10.2 Å². The second kappa shape index (κ2) is 6.34. The van der Waals surface area contributed by atoms with Crippen molar-refractivity contribution in [1.82, 2.24) is 14.8 Å². The quantitative estimate of drug-likeness (QED) is 0.628. The maximum absolute atomic E-state index is 13.6. The summed E-state index contributed by atoms with van der Waals surface area (Å²) in [5.41, 5.74) is -0.241. The maximum Gasteiger partial charge on any atom is 0.191 e. The number of aromatic nitrogens is 3. The minimum atomic E-state index is -0.720. The summed E-state index contributed by atoms with van der Waals surface area (Å²) < 4.78 is 28.7. The first-order valence-corrected chi connectivity index (χ1v) is 7.37. The fourth-order valence-electron chi connectivity index (χ4n) is 1.93. The van der Waals surface area contributed by atoms with Crippen LogP contribution in [0.1, 0.15) is 30.0 Å². The van der Waals surface area contributed by atoms with Crippen LogP contribution in [0.4, 0.5) is 8.78 Å². The van der Waals surface area contributed by atoms with Crippen molar-refractivity contribution in [2.75, 3.05) is 0 Å². The number of carbonyl (C=O) groups excluding carboxylic acids is 1. The van der Waals surface area contributed by atoms with Crippen LogP contribution < -0.4 is 0 Å². The minimum absolute atomic E-state index is 0.241. The molecule has 0 aliphatic carbocycles. The monoisotopic (exact) mass is 311 g/mol. The summed E-state index contributed by atoms with van der Waals surface area (Å²) in [6.45, 7) is 6.08. The molecule has 0 aliphatic rings. The molecule has 7 heteroatoms. The average Bonchev–Trinajstić information content (AvgIpc) is 2.80. The lowest BCUT2D eigenvalue weighted by Crippen LogP contribution is -2.16. The van der Waals surface area contributed by atoms with Gasteiger partial charge in [-0.3, -0.25) is 4.79 Å². The van der Waals surface area contributed by atoms with Gasteiger partial charge in [-0.1, -0.05) is 11.8 Å². The highest BCUT2D eigenvalue weighted by atomic mass is 32.2. The van der Waals surface area contributed by atoms with E-state index in [4.69, 9.17) is 0 Å². The predicted molar refractivity (Wildman–Crippen MR) is 76.4 cm³/mol. The first kappa shape index (κ1) is 15.6. The van der Waals surface area contributed by atoms with E-state index in [9.17, 15) is 13.6 Å². The molecule has 0 fully saturated rings. The van der Waals surface area contributed by atoms with Gasteiger partial charge in [-0.25, -0.2) is 8.78 Å². The predicted octanol–water partition coefficient (Wildman–Crippen LogP) is 3.25. The molecule has 1 unspecified atom stereocenters. The number of ketones is 1. The van der Waals surface area contributed by atoms with Gasteiger partial charge in [0.2, 0.25) is 0 Å². The van der Waals surface area contributed by atoms with Gasteiger partial charge >= 0.3 is 0 Å². The molecule has 0 saturated carbocycles. The smallest absolute Gasteiger partial charge is 0.191 e. The fraction of sp³-hybridized carbons (Fsp3) is 0.357. The summed E-state index contributed by atoms with van der Waals surface area (Å²) in [6, 6.07) is 2.87. The van der Waals surface area contributed by atoms with Gasteiger partial charge in [-0.2, -0.15) is 0 Å². The van der Waals surface area contributed by atoms with Crippen molar-refractivity contribution < 1.29 is 13.6 Å². The molecule has 0 aliphatic heterocycles. The third-order valence-electron chi connectivity index (χ3n) is 3.06. The van der Waals surface area contributed by atoms with Gasteiger partial charge < -0.3 is 4.57 Å². The summed E-state index contributed by atoms with van der Waals surface area (Å²) in [5, 5.41) is 7.95. The van der Waals surface area contributed by atoms with Crippen LogP contribution in [-0.4, -0.2) is 25.8 Å². The second-order valence-electron chi connectivity index (χ2n) is 4.52. The molecule has 0 amide bonds. The van der Waals surface area contributed by atoms with Crippen LogP contribution in [0.25, 0.3) is 0 Å². The fourth-order valence-corrected chi connectivity index (χ4v) is 2.96. The third-order valence-corrected chi connectivity index (χ3v) is 4.14. The van der Waals surface area contributed by atoms with Gasteiger partial charge in [-0.15, -0.1) is 10.2 Å². The number of aryl methyl sites for hydroxylation is 1. The first-order chi connectivity index (χ1) is 9.93. The summed E-state index contributed by atoms with van der Waals surface area (Å²) in [7, 11) is 0. The van der Waals surface area contributed by atoms with Crippen molar-refractivity contribution in [3.63, 3.8) is 0 Å². The SMILES string of the molecule is CCn1c(C)nnc1SC(C)C(=O)c1cc(F)ccc1F. The Kier molecular flexibility index (Phi) is 4.72. The Morgan fingerprint density at radius 1 is 1.38 bits per heavy atom. The number of carbonyl (C=O) groups is 1. The Labute approximate surface area is 125 Å². The van der Waals surface area contributed by atoms with E-state index >= 15 is 0 Å². The van der Waals surface area contributed by atoms with Crippen LogP contribution in [0, 0.1) is 18.6 Å². The zero-order valence-corrected chi connectivity index (χ0v) is 12.7. The van der Waals surface area contributed by atoms with Crippen LogP contribution in [0.15, 0.2) is 23.4 Å². The molecule has 1 aromatic carbocycles. The van der Waals surface area contributed by atoms with Crippen molar-refractivity contribution in [1.29, 1.82) is 0 Å². The Hall–Kier alpha value is -1.76.